The molecule has 23 heavy (non-hydrogen) atoms. The van der Waals surface area contributed by atoms with E-state index in [4.69, 9.17) is 4.74 Å². The first-order valence-corrected chi connectivity index (χ1v) is 7.84. The van der Waals surface area contributed by atoms with Crippen LogP contribution in [-0.2, 0) is 4.79 Å². The first-order valence-electron chi connectivity index (χ1n) is 7.05. The molecule has 2 amide bonds. The second-order valence-electron chi connectivity index (χ2n) is 4.86. The summed E-state index contributed by atoms with van der Waals surface area (Å²) in [5.74, 6) is 0.109. The summed E-state index contributed by atoms with van der Waals surface area (Å²) < 4.78 is 6.53. The Hall–Kier alpha value is -2.34. The van der Waals surface area contributed by atoms with E-state index >= 15 is 0 Å². The quantitative estimate of drug-likeness (QED) is 0.841. The van der Waals surface area contributed by atoms with Crippen LogP contribution < -0.4 is 15.4 Å². The highest BCUT2D eigenvalue weighted by atomic mass is 79.9. The van der Waals surface area contributed by atoms with E-state index < -0.39 is 6.10 Å². The van der Waals surface area contributed by atoms with E-state index in [1.54, 1.807) is 50.4 Å². The molecule has 0 bridgehead atoms. The van der Waals surface area contributed by atoms with Gasteiger partial charge < -0.3 is 15.4 Å². The fourth-order valence-corrected chi connectivity index (χ4v) is 2.16. The number of ether oxygens (including phenoxy) is 1. The molecular formula is C17H17BrN2O3. The lowest BCUT2D eigenvalue weighted by Gasteiger charge is -2.15. The smallest absolute Gasteiger partial charge is 0.265 e. The van der Waals surface area contributed by atoms with Crippen molar-refractivity contribution in [3.63, 3.8) is 0 Å². The van der Waals surface area contributed by atoms with Crippen LogP contribution in [-0.4, -0.2) is 25.0 Å². The normalized spacial score (nSPS) is 11.4. The molecule has 120 valence electrons. The standard InChI is InChI=1S/C17H17BrN2O3/c1-11(23-15-8-6-13(18)7-9-15)16(21)20-14-5-3-4-12(10-14)17(22)19-2/h3-11H,1-2H3,(H,19,22)(H,20,21). The summed E-state index contributed by atoms with van der Waals surface area (Å²) >= 11 is 3.34. The third kappa shape index (κ3) is 4.82. The molecule has 0 fully saturated rings. The van der Waals surface area contributed by atoms with Crippen LogP contribution in [0, 0.1) is 0 Å². The molecule has 0 saturated heterocycles. The van der Waals surface area contributed by atoms with Gasteiger partial charge in [-0.25, -0.2) is 0 Å². The molecular weight excluding hydrogens is 360 g/mol. The fraction of sp³-hybridized carbons (Fsp3) is 0.176. The summed E-state index contributed by atoms with van der Waals surface area (Å²) in [6.45, 7) is 1.67. The van der Waals surface area contributed by atoms with Crippen molar-refractivity contribution < 1.29 is 14.3 Å². The van der Waals surface area contributed by atoms with Crippen LogP contribution in [0.25, 0.3) is 0 Å². The van der Waals surface area contributed by atoms with Crippen LogP contribution in [0.15, 0.2) is 53.0 Å². The number of rotatable bonds is 5. The lowest BCUT2D eigenvalue weighted by atomic mass is 10.2. The van der Waals surface area contributed by atoms with Gasteiger partial charge in [-0.3, -0.25) is 9.59 Å². The third-order valence-corrected chi connectivity index (χ3v) is 3.64. The number of carbonyl (C=O) groups is 2. The summed E-state index contributed by atoms with van der Waals surface area (Å²) in [5.41, 5.74) is 1.02. The van der Waals surface area contributed by atoms with E-state index in [1.807, 2.05) is 12.1 Å². The molecule has 6 heteroatoms. The van der Waals surface area contributed by atoms with Crippen LogP contribution in [0.1, 0.15) is 17.3 Å². The van der Waals surface area contributed by atoms with Gasteiger partial charge in [0.1, 0.15) is 5.75 Å². The molecule has 0 heterocycles. The van der Waals surface area contributed by atoms with Gasteiger partial charge in [-0.1, -0.05) is 22.0 Å². The van der Waals surface area contributed by atoms with Gasteiger partial charge >= 0.3 is 0 Å². The minimum absolute atomic E-state index is 0.208. The van der Waals surface area contributed by atoms with Gasteiger partial charge in [-0.15, -0.1) is 0 Å². The number of hydrogen-bond acceptors (Lipinski definition) is 3. The zero-order valence-electron chi connectivity index (χ0n) is 12.8. The van der Waals surface area contributed by atoms with Crippen molar-refractivity contribution >= 4 is 33.4 Å². The summed E-state index contributed by atoms with van der Waals surface area (Å²) in [7, 11) is 1.56. The predicted octanol–water partition coefficient (Wildman–Crippen LogP) is 3.21. The van der Waals surface area contributed by atoms with Crippen molar-refractivity contribution in [1.29, 1.82) is 0 Å². The zero-order chi connectivity index (χ0) is 16.8. The maximum atomic E-state index is 12.2. The van der Waals surface area contributed by atoms with Crippen molar-refractivity contribution in [2.45, 2.75) is 13.0 Å². The predicted molar refractivity (Wildman–Crippen MR) is 92.7 cm³/mol. The third-order valence-electron chi connectivity index (χ3n) is 3.12. The number of benzene rings is 2. The van der Waals surface area contributed by atoms with Gasteiger partial charge in [0.15, 0.2) is 6.10 Å². The lowest BCUT2D eigenvalue weighted by Crippen LogP contribution is -2.30. The van der Waals surface area contributed by atoms with E-state index in [0.29, 0.717) is 17.0 Å². The molecule has 2 N–H and O–H groups in total. The Labute approximate surface area is 143 Å². The number of hydrogen-bond donors (Lipinski definition) is 2. The van der Waals surface area contributed by atoms with E-state index in [-0.39, 0.29) is 11.8 Å². The fourth-order valence-electron chi connectivity index (χ4n) is 1.90. The largest absolute Gasteiger partial charge is 0.481 e. The van der Waals surface area contributed by atoms with E-state index in [2.05, 4.69) is 26.6 Å². The summed E-state index contributed by atoms with van der Waals surface area (Å²) in [6, 6.07) is 14.0. The molecule has 0 aliphatic carbocycles. The highest BCUT2D eigenvalue weighted by molar-refractivity contribution is 9.10. The molecule has 0 radical (unpaired) electrons. The van der Waals surface area contributed by atoms with E-state index in [9.17, 15) is 9.59 Å². The molecule has 0 aromatic heterocycles. The molecule has 2 aromatic carbocycles. The van der Waals surface area contributed by atoms with Crippen molar-refractivity contribution in [1.82, 2.24) is 5.32 Å². The second-order valence-corrected chi connectivity index (χ2v) is 5.78. The van der Waals surface area contributed by atoms with Crippen LogP contribution in [0.3, 0.4) is 0 Å². The summed E-state index contributed by atoms with van der Waals surface area (Å²) in [5, 5.41) is 5.28. The average Bonchev–Trinajstić information content (AvgIpc) is 2.56. The Balaban J connectivity index is 2.00. The Morgan fingerprint density at radius 1 is 1.13 bits per heavy atom. The van der Waals surface area contributed by atoms with Crippen molar-refractivity contribution in [3.8, 4) is 5.75 Å². The minimum Gasteiger partial charge on any atom is -0.481 e. The van der Waals surface area contributed by atoms with Crippen molar-refractivity contribution in [2.24, 2.45) is 0 Å². The lowest BCUT2D eigenvalue weighted by molar-refractivity contribution is -0.122. The summed E-state index contributed by atoms with van der Waals surface area (Å²) in [4.78, 5) is 23.8. The highest BCUT2D eigenvalue weighted by Crippen LogP contribution is 2.18. The van der Waals surface area contributed by atoms with Gasteiger partial charge in [0.05, 0.1) is 0 Å². The molecule has 5 nitrogen and oxygen atoms in total. The van der Waals surface area contributed by atoms with Gasteiger partial charge in [-0.2, -0.15) is 0 Å². The topological polar surface area (TPSA) is 67.4 Å². The molecule has 2 aromatic rings. The molecule has 0 aliphatic heterocycles. The molecule has 2 rings (SSSR count). The maximum Gasteiger partial charge on any atom is 0.265 e. The van der Waals surface area contributed by atoms with E-state index in [0.717, 1.165) is 4.47 Å². The Kier molecular flexibility index (Phi) is 5.76. The van der Waals surface area contributed by atoms with Gasteiger partial charge in [0.25, 0.3) is 11.8 Å². The SMILES string of the molecule is CNC(=O)c1cccc(NC(=O)C(C)Oc2ccc(Br)cc2)c1. The number of nitrogens with one attached hydrogen (secondary N) is 2. The molecule has 0 aliphatic rings. The summed E-state index contributed by atoms with van der Waals surface area (Å²) in [6.07, 6.45) is -0.667. The number of carbonyl (C=O) groups excluding carboxylic acids is 2. The van der Waals surface area contributed by atoms with E-state index in [1.165, 1.54) is 0 Å². The first kappa shape index (κ1) is 17.0. The number of amides is 2. The Morgan fingerprint density at radius 2 is 1.83 bits per heavy atom. The van der Waals surface area contributed by atoms with Gasteiger partial charge in [0, 0.05) is 22.8 Å². The minimum atomic E-state index is -0.667. The average molecular weight is 377 g/mol. The van der Waals surface area contributed by atoms with Gasteiger partial charge in [0.2, 0.25) is 0 Å². The van der Waals surface area contributed by atoms with Crippen LogP contribution in [0.2, 0.25) is 0 Å². The van der Waals surface area contributed by atoms with Crippen LogP contribution >= 0.6 is 15.9 Å². The molecule has 1 atom stereocenters. The zero-order valence-corrected chi connectivity index (χ0v) is 14.4. The Bertz CT molecular complexity index is 701. The number of halogens is 1. The Morgan fingerprint density at radius 3 is 2.48 bits per heavy atom. The molecule has 0 saturated carbocycles. The van der Waals surface area contributed by atoms with Crippen LogP contribution in [0.5, 0.6) is 5.75 Å². The van der Waals surface area contributed by atoms with Crippen molar-refractivity contribution in [2.75, 3.05) is 12.4 Å². The second kappa shape index (κ2) is 7.78. The maximum absolute atomic E-state index is 12.2. The van der Waals surface area contributed by atoms with Gasteiger partial charge in [-0.05, 0) is 49.4 Å². The monoisotopic (exact) mass is 376 g/mol. The molecule has 0 spiro atoms. The number of anilines is 1. The van der Waals surface area contributed by atoms with Crippen molar-refractivity contribution in [3.05, 3.63) is 58.6 Å². The molecule has 1 unspecified atom stereocenters. The first-order chi connectivity index (χ1) is 11.0. The van der Waals surface area contributed by atoms with Crippen LogP contribution in [0.4, 0.5) is 5.69 Å². The highest BCUT2D eigenvalue weighted by Gasteiger charge is 2.15.